The van der Waals surface area contributed by atoms with E-state index in [4.69, 9.17) is 0 Å². The number of nitrogens with zero attached hydrogens (tertiary/aromatic N) is 2. The van der Waals surface area contributed by atoms with Gasteiger partial charge in [-0.15, -0.1) is 0 Å². The van der Waals surface area contributed by atoms with Crippen molar-refractivity contribution in [2.75, 3.05) is 4.90 Å². The summed E-state index contributed by atoms with van der Waals surface area (Å²) in [6.07, 6.45) is 3.87. The molecule has 3 amide bonds. The van der Waals surface area contributed by atoms with Crippen LogP contribution in [0, 0.1) is 23.7 Å². The van der Waals surface area contributed by atoms with Crippen LogP contribution in [-0.2, 0) is 20.8 Å². The van der Waals surface area contributed by atoms with Gasteiger partial charge in [0.25, 0.3) is 0 Å². The summed E-state index contributed by atoms with van der Waals surface area (Å²) in [5.41, 5.74) is 3.27. The summed E-state index contributed by atoms with van der Waals surface area (Å²) in [6.45, 7) is 5.77. The number of carbonyl (C=O) groups excluding carboxylic acids is 3. The fourth-order valence-corrected chi connectivity index (χ4v) is 5.89. The van der Waals surface area contributed by atoms with Crippen LogP contribution >= 0.6 is 0 Å². The molecule has 2 aliphatic heterocycles. The first kappa shape index (κ1) is 16.7. The molecule has 5 nitrogen and oxygen atoms in total. The van der Waals surface area contributed by atoms with Gasteiger partial charge in [0.1, 0.15) is 6.04 Å². The van der Waals surface area contributed by atoms with Crippen LogP contribution in [0.25, 0.3) is 0 Å². The molecule has 5 rings (SSSR count). The maximum absolute atomic E-state index is 13.3. The highest BCUT2D eigenvalue weighted by molar-refractivity contribution is 6.11. The number of fused-ring (bicyclic) bond motifs is 6. The van der Waals surface area contributed by atoms with Crippen LogP contribution in [0.3, 0.4) is 0 Å². The Morgan fingerprint density at radius 2 is 1.85 bits per heavy atom. The van der Waals surface area contributed by atoms with Gasteiger partial charge in [-0.25, -0.2) is 0 Å². The van der Waals surface area contributed by atoms with Gasteiger partial charge in [0, 0.05) is 11.7 Å². The summed E-state index contributed by atoms with van der Waals surface area (Å²) in [5.74, 6) is -0.638. The van der Waals surface area contributed by atoms with Crippen molar-refractivity contribution < 1.29 is 14.4 Å². The van der Waals surface area contributed by atoms with Crippen molar-refractivity contribution in [1.82, 2.24) is 4.90 Å². The Labute approximate surface area is 159 Å². The summed E-state index contributed by atoms with van der Waals surface area (Å²) >= 11 is 0. The van der Waals surface area contributed by atoms with Gasteiger partial charge in [0.15, 0.2) is 0 Å². The first-order valence-corrected chi connectivity index (χ1v) is 9.86. The fourth-order valence-electron chi connectivity index (χ4n) is 5.89. The van der Waals surface area contributed by atoms with E-state index >= 15 is 0 Å². The number of carbonyl (C=O) groups is 3. The van der Waals surface area contributed by atoms with E-state index in [0.29, 0.717) is 0 Å². The molecule has 4 aliphatic rings. The lowest BCUT2D eigenvalue weighted by atomic mass is 9.82. The lowest BCUT2D eigenvalue weighted by Gasteiger charge is -2.30. The summed E-state index contributed by atoms with van der Waals surface area (Å²) < 4.78 is 0. The van der Waals surface area contributed by atoms with E-state index in [0.717, 1.165) is 24.1 Å². The molecule has 1 aromatic rings. The van der Waals surface area contributed by atoms with Gasteiger partial charge < -0.3 is 4.90 Å². The lowest BCUT2D eigenvalue weighted by molar-refractivity contribution is -0.147. The van der Waals surface area contributed by atoms with E-state index in [-0.39, 0.29) is 47.4 Å². The standard InChI is InChI=1S/C22H24N2O3/c1-11-8-15-10-16(11)19-18(15)21(26)24(22(19)27)13(3)20(25)23-12(2)9-14-6-4-5-7-17(14)23/h4-8,12-13,15-16,18-19H,9-10H2,1-3H3/t12-,13-,15+,16-,18+,19+/m1/s1. The molecule has 0 radical (unpaired) electrons. The molecule has 5 heteroatoms. The molecule has 0 aromatic heterocycles. The van der Waals surface area contributed by atoms with Crippen LogP contribution in [0.5, 0.6) is 0 Å². The van der Waals surface area contributed by atoms with Crippen molar-refractivity contribution >= 4 is 23.4 Å². The Morgan fingerprint density at radius 1 is 1.15 bits per heavy atom. The van der Waals surface area contributed by atoms with E-state index in [1.807, 2.05) is 31.2 Å². The van der Waals surface area contributed by atoms with Crippen molar-refractivity contribution in [1.29, 1.82) is 0 Å². The highest BCUT2D eigenvalue weighted by atomic mass is 16.2. The van der Waals surface area contributed by atoms with Gasteiger partial charge in [0.2, 0.25) is 17.7 Å². The van der Waals surface area contributed by atoms with Gasteiger partial charge in [0.05, 0.1) is 11.8 Å². The topological polar surface area (TPSA) is 57.7 Å². The van der Waals surface area contributed by atoms with Gasteiger partial charge in [-0.1, -0.05) is 29.8 Å². The summed E-state index contributed by atoms with van der Waals surface area (Å²) in [7, 11) is 0. The van der Waals surface area contributed by atoms with Crippen molar-refractivity contribution in [3.8, 4) is 0 Å². The van der Waals surface area contributed by atoms with Crippen LogP contribution in [0.1, 0.15) is 32.8 Å². The zero-order valence-corrected chi connectivity index (χ0v) is 15.9. The first-order valence-electron chi connectivity index (χ1n) is 9.86. The Balaban J connectivity index is 1.44. The SMILES string of the molecule is CC1=C[C@H]2C[C@H]1[C@@H]1C(=O)N([C@H](C)C(=O)N3c4ccccc4C[C@H]3C)C(=O)[C@H]12. The smallest absolute Gasteiger partial charge is 0.250 e. The molecule has 1 aromatic carbocycles. The third-order valence-corrected chi connectivity index (χ3v) is 7.10. The third-order valence-electron chi connectivity index (χ3n) is 7.10. The average Bonchev–Trinajstić information content (AvgIpc) is 3.34. The van der Waals surface area contributed by atoms with E-state index in [2.05, 4.69) is 13.0 Å². The van der Waals surface area contributed by atoms with E-state index < -0.39 is 6.04 Å². The first-order chi connectivity index (χ1) is 12.9. The van der Waals surface area contributed by atoms with Crippen LogP contribution in [-0.4, -0.2) is 34.7 Å². The molecule has 2 heterocycles. The molecule has 2 fully saturated rings. The number of rotatable bonds is 2. The van der Waals surface area contributed by atoms with Gasteiger partial charge in [-0.2, -0.15) is 0 Å². The van der Waals surface area contributed by atoms with Gasteiger partial charge >= 0.3 is 0 Å². The number of likely N-dealkylation sites (tertiary alicyclic amines) is 1. The number of hydrogen-bond acceptors (Lipinski definition) is 3. The second-order valence-corrected chi connectivity index (χ2v) is 8.58. The van der Waals surface area contributed by atoms with Gasteiger partial charge in [-0.05, 0) is 57.1 Å². The Hall–Kier alpha value is -2.43. The predicted molar refractivity (Wildman–Crippen MR) is 101 cm³/mol. The van der Waals surface area contributed by atoms with Crippen molar-refractivity contribution in [2.24, 2.45) is 23.7 Å². The fraction of sp³-hybridized carbons (Fsp3) is 0.500. The number of benzene rings is 1. The zero-order chi connectivity index (χ0) is 19.0. The zero-order valence-electron chi connectivity index (χ0n) is 15.9. The monoisotopic (exact) mass is 364 g/mol. The molecule has 2 bridgehead atoms. The molecular weight excluding hydrogens is 340 g/mol. The van der Waals surface area contributed by atoms with Crippen molar-refractivity contribution in [2.45, 2.75) is 45.7 Å². The van der Waals surface area contributed by atoms with Crippen LogP contribution < -0.4 is 4.90 Å². The number of allylic oxidation sites excluding steroid dienone is 2. The number of para-hydroxylation sites is 1. The quantitative estimate of drug-likeness (QED) is 0.599. The molecule has 0 spiro atoms. The van der Waals surface area contributed by atoms with E-state index in [1.54, 1.807) is 11.8 Å². The number of imide groups is 1. The minimum absolute atomic E-state index is 0.0322. The molecule has 0 unspecified atom stereocenters. The van der Waals surface area contributed by atoms with Crippen LogP contribution in [0.15, 0.2) is 35.9 Å². The molecule has 0 N–H and O–H groups in total. The predicted octanol–water partition coefficient (Wildman–Crippen LogP) is 2.55. The third kappa shape index (κ3) is 2.08. The Morgan fingerprint density at radius 3 is 2.63 bits per heavy atom. The highest BCUT2D eigenvalue weighted by Crippen LogP contribution is 2.55. The Kier molecular flexibility index (Phi) is 3.43. The maximum atomic E-state index is 13.3. The molecule has 1 saturated carbocycles. The molecule has 1 saturated heterocycles. The molecule has 27 heavy (non-hydrogen) atoms. The molecule has 2 aliphatic carbocycles. The van der Waals surface area contributed by atoms with E-state index in [9.17, 15) is 14.4 Å². The normalized spacial score (nSPS) is 34.8. The maximum Gasteiger partial charge on any atom is 0.250 e. The largest absolute Gasteiger partial charge is 0.307 e. The van der Waals surface area contributed by atoms with Gasteiger partial charge in [-0.3, -0.25) is 19.3 Å². The second-order valence-electron chi connectivity index (χ2n) is 8.58. The van der Waals surface area contributed by atoms with Crippen molar-refractivity contribution in [3.63, 3.8) is 0 Å². The average molecular weight is 364 g/mol. The second kappa shape index (κ2) is 5.54. The molecule has 140 valence electrons. The van der Waals surface area contributed by atoms with Crippen molar-refractivity contribution in [3.05, 3.63) is 41.5 Å². The minimum atomic E-state index is -0.760. The number of anilines is 1. The molecular formula is C22H24N2O3. The van der Waals surface area contributed by atoms with E-state index in [1.165, 1.54) is 10.5 Å². The number of hydrogen-bond donors (Lipinski definition) is 0. The van der Waals surface area contributed by atoms with Crippen LogP contribution in [0.2, 0.25) is 0 Å². The lowest BCUT2D eigenvalue weighted by Crippen LogP contribution is -2.51. The minimum Gasteiger partial charge on any atom is -0.307 e. The summed E-state index contributed by atoms with van der Waals surface area (Å²) in [6, 6.07) is 7.15. The molecule has 6 atom stereocenters. The Bertz CT molecular complexity index is 905. The highest BCUT2D eigenvalue weighted by Gasteiger charge is 2.62. The van der Waals surface area contributed by atoms with Crippen LogP contribution in [0.4, 0.5) is 5.69 Å². The number of amides is 3. The summed E-state index contributed by atoms with van der Waals surface area (Å²) in [5, 5.41) is 0. The summed E-state index contributed by atoms with van der Waals surface area (Å²) in [4.78, 5) is 42.6.